The van der Waals surface area contributed by atoms with Gasteiger partial charge >= 0.3 is 0 Å². The maximum Gasteiger partial charge on any atom is 0.248 e. The van der Waals surface area contributed by atoms with E-state index in [0.717, 1.165) is 10.4 Å². The van der Waals surface area contributed by atoms with Gasteiger partial charge in [-0.05, 0) is 74.2 Å². The fourth-order valence-corrected chi connectivity index (χ4v) is 4.88. The lowest BCUT2D eigenvalue weighted by Gasteiger charge is -2.33. The van der Waals surface area contributed by atoms with E-state index in [4.69, 9.17) is 13.9 Å². The van der Waals surface area contributed by atoms with Crippen LogP contribution in [0.15, 0.2) is 52.3 Å². The minimum atomic E-state index is -0.872. The first kappa shape index (κ1) is 25.5. The second-order valence-electron chi connectivity index (χ2n) is 9.92. The molecule has 1 aromatic carbocycles. The number of aromatic nitrogens is 4. The van der Waals surface area contributed by atoms with Crippen LogP contribution >= 0.6 is 11.3 Å². The number of hydrogen-bond donors (Lipinski definition) is 1. The molecule has 1 N–H and O–H groups in total. The second-order valence-corrected chi connectivity index (χ2v) is 10.9. The third kappa shape index (κ3) is 5.70. The normalized spacial score (nSPS) is 13.4. The van der Waals surface area contributed by atoms with Gasteiger partial charge < -0.3 is 24.1 Å². The summed E-state index contributed by atoms with van der Waals surface area (Å²) in [6.45, 7) is 7.59. The predicted molar refractivity (Wildman–Crippen MR) is 138 cm³/mol. The largest absolute Gasteiger partial charge is 0.458 e. The number of tetrazole rings is 1. The van der Waals surface area contributed by atoms with Crippen LogP contribution in [0, 0.1) is 6.92 Å². The Bertz CT molecular complexity index is 1440. The summed E-state index contributed by atoms with van der Waals surface area (Å²) in [5.74, 6) is 2.04. The summed E-state index contributed by atoms with van der Waals surface area (Å²) in [6, 6.07) is 11.9. The lowest BCUT2D eigenvalue weighted by atomic mass is 10.1. The lowest BCUT2D eigenvalue weighted by molar-refractivity contribution is -0.143. The first-order valence-electron chi connectivity index (χ1n) is 12.0. The minimum Gasteiger partial charge on any atom is -0.458 e. The molecule has 0 bridgehead atoms. The zero-order valence-electron chi connectivity index (χ0n) is 21.5. The standard InChI is InChI=1S/C26H28N6O5S/c1-16-7-9-19(37-16)24-28-30-32(29-24)14-22(33)31(13-17-8-10-18-20(12-17)36-15-35-18)23(21-6-5-11-38-21)25(34)27-26(2,3)4/h5-12,23H,13-15H2,1-4H3,(H,27,34)/t23-/m0/s1. The van der Waals surface area contributed by atoms with Crippen LogP contribution in [0.5, 0.6) is 11.5 Å². The highest BCUT2D eigenvalue weighted by molar-refractivity contribution is 7.10. The molecule has 0 saturated heterocycles. The van der Waals surface area contributed by atoms with Gasteiger partial charge in [0.25, 0.3) is 0 Å². The molecule has 0 saturated carbocycles. The molecule has 0 fully saturated rings. The number of nitrogens with one attached hydrogen (secondary N) is 1. The van der Waals surface area contributed by atoms with Gasteiger partial charge in [-0.15, -0.1) is 21.5 Å². The van der Waals surface area contributed by atoms with Crippen LogP contribution in [0.2, 0.25) is 0 Å². The Morgan fingerprint density at radius 3 is 2.68 bits per heavy atom. The quantitative estimate of drug-likeness (QED) is 0.361. The van der Waals surface area contributed by atoms with Crippen LogP contribution in [-0.4, -0.2) is 49.3 Å². The lowest BCUT2D eigenvalue weighted by Crippen LogP contribution is -2.49. The Hall–Kier alpha value is -4.19. The topological polar surface area (TPSA) is 125 Å². The fourth-order valence-electron chi connectivity index (χ4n) is 4.04. The van der Waals surface area contributed by atoms with Gasteiger partial charge in [0.2, 0.25) is 24.4 Å². The minimum absolute atomic E-state index is 0.142. The van der Waals surface area contributed by atoms with Crippen molar-refractivity contribution >= 4 is 23.2 Å². The number of rotatable bonds is 8. The highest BCUT2D eigenvalue weighted by atomic mass is 32.1. The van der Waals surface area contributed by atoms with E-state index in [9.17, 15) is 9.59 Å². The summed E-state index contributed by atoms with van der Waals surface area (Å²) < 4.78 is 16.5. The summed E-state index contributed by atoms with van der Waals surface area (Å²) >= 11 is 1.41. The van der Waals surface area contributed by atoms with E-state index in [1.54, 1.807) is 18.2 Å². The first-order chi connectivity index (χ1) is 18.2. The van der Waals surface area contributed by atoms with Crippen LogP contribution in [-0.2, 0) is 22.7 Å². The van der Waals surface area contributed by atoms with Crippen LogP contribution < -0.4 is 14.8 Å². The summed E-state index contributed by atoms with van der Waals surface area (Å²) in [7, 11) is 0. The Kier molecular flexibility index (Phi) is 6.89. The van der Waals surface area contributed by atoms with Crippen molar-refractivity contribution in [3.63, 3.8) is 0 Å². The van der Waals surface area contributed by atoms with E-state index >= 15 is 0 Å². The van der Waals surface area contributed by atoms with E-state index in [-0.39, 0.29) is 37.5 Å². The smallest absolute Gasteiger partial charge is 0.248 e. The van der Waals surface area contributed by atoms with Gasteiger partial charge in [0.05, 0.1) is 0 Å². The zero-order chi connectivity index (χ0) is 26.9. The van der Waals surface area contributed by atoms with Crippen molar-refractivity contribution in [2.45, 2.75) is 52.4 Å². The number of hydrogen-bond acceptors (Lipinski definition) is 9. The van der Waals surface area contributed by atoms with Crippen molar-refractivity contribution in [2.24, 2.45) is 0 Å². The van der Waals surface area contributed by atoms with Crippen molar-refractivity contribution in [2.75, 3.05) is 6.79 Å². The first-order valence-corrected chi connectivity index (χ1v) is 12.9. The molecule has 0 unspecified atom stereocenters. The Morgan fingerprint density at radius 1 is 1.16 bits per heavy atom. The van der Waals surface area contributed by atoms with E-state index in [1.165, 1.54) is 21.0 Å². The van der Waals surface area contributed by atoms with Gasteiger partial charge in [-0.3, -0.25) is 9.59 Å². The van der Waals surface area contributed by atoms with Crippen molar-refractivity contribution in [3.8, 4) is 23.1 Å². The number of amides is 2. The number of carbonyl (C=O) groups is 2. The SMILES string of the molecule is Cc1ccc(-c2nnn(CC(=O)N(Cc3ccc4c(c3)OCO4)[C@H](C(=O)NC(C)(C)C)c3cccs3)n2)o1. The maximum absolute atomic E-state index is 13.8. The molecule has 198 valence electrons. The number of furan rings is 1. The molecule has 0 aliphatic carbocycles. The second kappa shape index (κ2) is 10.3. The Labute approximate surface area is 223 Å². The van der Waals surface area contributed by atoms with Gasteiger partial charge in [0, 0.05) is 17.0 Å². The Balaban J connectivity index is 1.47. The maximum atomic E-state index is 13.8. The van der Waals surface area contributed by atoms with Gasteiger partial charge in [-0.2, -0.15) is 4.80 Å². The molecule has 11 nitrogen and oxygen atoms in total. The number of carbonyl (C=O) groups excluding carboxylic acids is 2. The average Bonchev–Trinajstić information content (AvgIpc) is 3.65. The van der Waals surface area contributed by atoms with Crippen LogP contribution in [0.1, 0.15) is 43.0 Å². The third-order valence-corrected chi connectivity index (χ3v) is 6.60. The van der Waals surface area contributed by atoms with Gasteiger partial charge in [0.15, 0.2) is 17.3 Å². The molecular formula is C26H28N6O5S. The molecule has 1 atom stereocenters. The van der Waals surface area contributed by atoms with Gasteiger partial charge in [0.1, 0.15) is 18.3 Å². The molecule has 2 amide bonds. The van der Waals surface area contributed by atoms with E-state index in [1.807, 2.05) is 57.3 Å². The molecule has 4 heterocycles. The fraction of sp³-hybridized carbons (Fsp3) is 0.346. The van der Waals surface area contributed by atoms with Crippen LogP contribution in [0.4, 0.5) is 0 Å². The third-order valence-electron chi connectivity index (χ3n) is 5.67. The van der Waals surface area contributed by atoms with Gasteiger partial charge in [-0.25, -0.2) is 0 Å². The molecule has 1 aliphatic heterocycles. The molecule has 4 aromatic rings. The van der Waals surface area contributed by atoms with Crippen LogP contribution in [0.25, 0.3) is 11.6 Å². The van der Waals surface area contributed by atoms with Crippen molar-refractivity contribution in [1.82, 2.24) is 30.4 Å². The zero-order valence-corrected chi connectivity index (χ0v) is 22.3. The molecule has 12 heteroatoms. The number of benzene rings is 1. The monoisotopic (exact) mass is 536 g/mol. The Morgan fingerprint density at radius 2 is 1.97 bits per heavy atom. The molecule has 1 aliphatic rings. The summed E-state index contributed by atoms with van der Waals surface area (Å²) in [5.41, 5.74) is 0.287. The number of nitrogens with zero attached hydrogens (tertiary/aromatic N) is 5. The van der Waals surface area contributed by atoms with Crippen molar-refractivity contribution < 1.29 is 23.5 Å². The molecule has 38 heavy (non-hydrogen) atoms. The molecule has 3 aromatic heterocycles. The number of aryl methyl sites for hydroxylation is 1. The van der Waals surface area contributed by atoms with E-state index in [2.05, 4.69) is 20.7 Å². The molecule has 5 rings (SSSR count). The van der Waals surface area contributed by atoms with Crippen molar-refractivity contribution in [3.05, 3.63) is 64.0 Å². The summed E-state index contributed by atoms with van der Waals surface area (Å²) in [6.07, 6.45) is 0. The van der Waals surface area contributed by atoms with Crippen molar-refractivity contribution in [1.29, 1.82) is 0 Å². The van der Waals surface area contributed by atoms with E-state index in [0.29, 0.717) is 23.0 Å². The number of ether oxygens (including phenoxy) is 2. The molecular weight excluding hydrogens is 508 g/mol. The highest BCUT2D eigenvalue weighted by Gasteiger charge is 2.34. The molecule has 0 spiro atoms. The highest BCUT2D eigenvalue weighted by Crippen LogP contribution is 2.34. The number of thiophene rings is 1. The summed E-state index contributed by atoms with van der Waals surface area (Å²) in [5, 5.41) is 17.3. The summed E-state index contributed by atoms with van der Waals surface area (Å²) in [4.78, 5) is 30.9. The average molecular weight is 537 g/mol. The van der Waals surface area contributed by atoms with Gasteiger partial charge in [-0.1, -0.05) is 12.1 Å². The predicted octanol–water partition coefficient (Wildman–Crippen LogP) is 3.72. The van der Waals surface area contributed by atoms with E-state index < -0.39 is 11.6 Å². The van der Waals surface area contributed by atoms with Crippen LogP contribution in [0.3, 0.4) is 0 Å². The molecule has 0 radical (unpaired) electrons. The number of fused-ring (bicyclic) bond motifs is 1.